The fraction of sp³-hybridized carbons (Fsp3) is 0.267. The summed E-state index contributed by atoms with van der Waals surface area (Å²) in [7, 11) is 1.49. The monoisotopic (exact) mass is 352 g/mol. The van der Waals surface area contributed by atoms with Crippen molar-refractivity contribution < 1.29 is 19.1 Å². The van der Waals surface area contributed by atoms with Gasteiger partial charge in [0.05, 0.1) is 12.0 Å². The Balaban J connectivity index is 2.24. The van der Waals surface area contributed by atoms with Crippen LogP contribution < -0.4 is 15.2 Å². The average molecular weight is 352 g/mol. The fourth-order valence-corrected chi connectivity index (χ4v) is 3.35. The van der Waals surface area contributed by atoms with Crippen LogP contribution in [0.5, 0.6) is 11.5 Å². The molecule has 1 aliphatic heterocycles. The molecule has 0 radical (unpaired) electrons. The minimum atomic E-state index is -0.570. The maximum Gasteiger partial charge on any atom is 0.266 e. The number of carbonyl (C=O) groups is 2. The summed E-state index contributed by atoms with van der Waals surface area (Å²) in [6.45, 7) is 2.19. The molecule has 1 heterocycles. The number of nitrogens with zero attached hydrogens (tertiary/aromatic N) is 1. The molecule has 8 heteroatoms. The van der Waals surface area contributed by atoms with E-state index < -0.39 is 5.91 Å². The van der Waals surface area contributed by atoms with Crippen LogP contribution in [0.3, 0.4) is 0 Å². The molecule has 0 aliphatic carbocycles. The zero-order chi connectivity index (χ0) is 17.0. The third-order valence-electron chi connectivity index (χ3n) is 3.05. The Morgan fingerprint density at radius 1 is 1.43 bits per heavy atom. The van der Waals surface area contributed by atoms with Gasteiger partial charge >= 0.3 is 0 Å². The van der Waals surface area contributed by atoms with E-state index in [1.165, 1.54) is 18.9 Å². The van der Waals surface area contributed by atoms with Gasteiger partial charge < -0.3 is 15.2 Å². The lowest BCUT2D eigenvalue weighted by atomic mass is 10.2. The Morgan fingerprint density at radius 3 is 2.74 bits per heavy atom. The first-order valence-electron chi connectivity index (χ1n) is 6.80. The predicted molar refractivity (Wildman–Crippen MR) is 93.2 cm³/mol. The summed E-state index contributed by atoms with van der Waals surface area (Å²) in [6, 6.07) is 5.14. The minimum Gasteiger partial charge on any atom is -0.493 e. The van der Waals surface area contributed by atoms with Gasteiger partial charge in [-0.2, -0.15) is 0 Å². The van der Waals surface area contributed by atoms with Gasteiger partial charge in [-0.25, -0.2) is 0 Å². The van der Waals surface area contributed by atoms with Crippen molar-refractivity contribution in [2.45, 2.75) is 6.92 Å². The van der Waals surface area contributed by atoms with E-state index in [9.17, 15) is 9.59 Å². The molecule has 1 aliphatic rings. The maximum absolute atomic E-state index is 12.2. The van der Waals surface area contributed by atoms with E-state index in [4.69, 9.17) is 27.4 Å². The standard InChI is InChI=1S/C15H16N2O4S2/c1-3-17-14(19)12(23-15(17)22)7-9-4-5-10(11(6-9)20-2)21-8-13(16)18/h4-7H,3,8H2,1-2H3,(H2,16,18). The molecule has 0 aromatic heterocycles. The highest BCUT2D eigenvalue weighted by Crippen LogP contribution is 2.34. The smallest absolute Gasteiger partial charge is 0.266 e. The summed E-state index contributed by atoms with van der Waals surface area (Å²) < 4.78 is 11.1. The van der Waals surface area contributed by atoms with Gasteiger partial charge in [-0.05, 0) is 30.7 Å². The number of hydrogen-bond acceptors (Lipinski definition) is 6. The number of ether oxygens (including phenoxy) is 2. The van der Waals surface area contributed by atoms with E-state index in [1.807, 2.05) is 6.92 Å². The molecule has 0 saturated carbocycles. The molecule has 1 saturated heterocycles. The Hall–Kier alpha value is -2.06. The third-order valence-corrected chi connectivity index (χ3v) is 4.42. The average Bonchev–Trinajstić information content (AvgIpc) is 2.79. The summed E-state index contributed by atoms with van der Waals surface area (Å²) >= 11 is 6.45. The molecule has 6 nitrogen and oxygen atoms in total. The van der Waals surface area contributed by atoms with E-state index in [0.717, 1.165) is 5.56 Å². The lowest BCUT2D eigenvalue weighted by Crippen LogP contribution is -2.27. The van der Waals surface area contributed by atoms with E-state index in [2.05, 4.69) is 0 Å². The second-order valence-electron chi connectivity index (χ2n) is 4.59. The van der Waals surface area contributed by atoms with Crippen LogP contribution in [-0.4, -0.2) is 41.3 Å². The number of thiocarbonyl (C=S) groups is 1. The molecule has 2 amide bonds. The summed E-state index contributed by atoms with van der Waals surface area (Å²) in [4.78, 5) is 25.1. The quantitative estimate of drug-likeness (QED) is 0.621. The van der Waals surface area contributed by atoms with Gasteiger partial charge in [0.2, 0.25) is 0 Å². The number of hydrogen-bond donors (Lipinski definition) is 1. The number of amides is 2. The molecule has 0 spiro atoms. The lowest BCUT2D eigenvalue weighted by molar-refractivity contribution is -0.122. The molecule has 2 N–H and O–H groups in total. The summed E-state index contributed by atoms with van der Waals surface area (Å²) in [5.74, 6) is 0.186. The van der Waals surface area contributed by atoms with Crippen LogP contribution in [0.25, 0.3) is 6.08 Å². The topological polar surface area (TPSA) is 81.9 Å². The number of benzene rings is 1. The van der Waals surface area contributed by atoms with Gasteiger partial charge in [-0.1, -0.05) is 30.0 Å². The number of primary amides is 1. The lowest BCUT2D eigenvalue weighted by Gasteiger charge is -2.10. The molecule has 2 rings (SSSR count). The van der Waals surface area contributed by atoms with E-state index in [0.29, 0.717) is 27.3 Å². The highest BCUT2D eigenvalue weighted by atomic mass is 32.2. The van der Waals surface area contributed by atoms with Crippen LogP contribution in [-0.2, 0) is 9.59 Å². The van der Waals surface area contributed by atoms with Crippen molar-refractivity contribution in [2.75, 3.05) is 20.3 Å². The van der Waals surface area contributed by atoms with Crippen LogP contribution in [0.2, 0.25) is 0 Å². The number of thioether (sulfide) groups is 1. The van der Waals surface area contributed by atoms with Gasteiger partial charge in [0.25, 0.3) is 11.8 Å². The zero-order valence-electron chi connectivity index (χ0n) is 12.7. The molecule has 0 atom stereocenters. The van der Waals surface area contributed by atoms with Crippen molar-refractivity contribution in [1.29, 1.82) is 0 Å². The first kappa shape index (κ1) is 17.3. The highest BCUT2D eigenvalue weighted by Gasteiger charge is 2.30. The number of rotatable bonds is 6. The van der Waals surface area contributed by atoms with Gasteiger partial charge in [0.1, 0.15) is 4.32 Å². The van der Waals surface area contributed by atoms with Gasteiger partial charge in [0, 0.05) is 6.54 Å². The molecule has 1 aromatic carbocycles. The molecule has 0 bridgehead atoms. The summed E-state index contributed by atoms with van der Waals surface area (Å²) in [5.41, 5.74) is 5.82. The Morgan fingerprint density at radius 2 is 2.17 bits per heavy atom. The normalized spacial score (nSPS) is 16.1. The first-order chi connectivity index (χ1) is 11.0. The summed E-state index contributed by atoms with van der Waals surface area (Å²) in [6.07, 6.45) is 1.75. The molecule has 1 fully saturated rings. The number of carbonyl (C=O) groups excluding carboxylic acids is 2. The summed E-state index contributed by atoms with van der Waals surface area (Å²) in [5, 5.41) is 0. The van der Waals surface area contributed by atoms with Crippen molar-refractivity contribution in [1.82, 2.24) is 4.90 Å². The second-order valence-corrected chi connectivity index (χ2v) is 6.27. The Bertz CT molecular complexity index is 688. The maximum atomic E-state index is 12.2. The molecule has 23 heavy (non-hydrogen) atoms. The third kappa shape index (κ3) is 4.02. The number of nitrogens with two attached hydrogens (primary N) is 1. The molecule has 122 valence electrons. The minimum absolute atomic E-state index is 0.101. The number of methoxy groups -OCH3 is 1. The molecule has 0 unspecified atom stereocenters. The van der Waals surface area contributed by atoms with Gasteiger partial charge in [-0.15, -0.1) is 0 Å². The van der Waals surface area contributed by atoms with Crippen LogP contribution in [0.15, 0.2) is 23.1 Å². The van der Waals surface area contributed by atoms with Gasteiger partial charge in [-0.3, -0.25) is 14.5 Å². The Kier molecular flexibility index (Phi) is 5.62. The SMILES string of the molecule is CCN1C(=O)C(=Cc2ccc(OCC(N)=O)c(OC)c2)SC1=S. The first-order valence-corrected chi connectivity index (χ1v) is 8.03. The Labute approximate surface area is 143 Å². The van der Waals surface area contributed by atoms with Crippen molar-refractivity contribution in [3.63, 3.8) is 0 Å². The zero-order valence-corrected chi connectivity index (χ0v) is 14.3. The fourth-order valence-electron chi connectivity index (χ4n) is 1.97. The van der Waals surface area contributed by atoms with Crippen LogP contribution >= 0.6 is 24.0 Å². The van der Waals surface area contributed by atoms with E-state index in [1.54, 1.807) is 29.2 Å². The van der Waals surface area contributed by atoms with Crippen LogP contribution in [0, 0.1) is 0 Å². The highest BCUT2D eigenvalue weighted by molar-refractivity contribution is 8.26. The van der Waals surface area contributed by atoms with Crippen molar-refractivity contribution >= 4 is 46.2 Å². The van der Waals surface area contributed by atoms with Gasteiger partial charge in [0.15, 0.2) is 18.1 Å². The van der Waals surface area contributed by atoms with Crippen molar-refractivity contribution in [3.05, 3.63) is 28.7 Å². The predicted octanol–water partition coefficient (Wildman–Crippen LogP) is 1.78. The van der Waals surface area contributed by atoms with E-state index >= 15 is 0 Å². The van der Waals surface area contributed by atoms with Crippen molar-refractivity contribution in [3.8, 4) is 11.5 Å². The second kappa shape index (κ2) is 7.47. The number of likely N-dealkylation sites (N-methyl/N-ethyl adjacent to an activating group) is 1. The molecular weight excluding hydrogens is 336 g/mol. The molecule has 1 aromatic rings. The van der Waals surface area contributed by atoms with Crippen LogP contribution in [0.4, 0.5) is 0 Å². The molecular formula is C15H16N2O4S2. The van der Waals surface area contributed by atoms with E-state index in [-0.39, 0.29) is 12.5 Å². The van der Waals surface area contributed by atoms with Crippen LogP contribution in [0.1, 0.15) is 12.5 Å². The largest absolute Gasteiger partial charge is 0.493 e. The van der Waals surface area contributed by atoms with Crippen molar-refractivity contribution in [2.24, 2.45) is 5.73 Å².